The molecule has 62 valence electrons. The van der Waals surface area contributed by atoms with Crippen LogP contribution in [0, 0.1) is 0 Å². The first-order chi connectivity index (χ1) is 5.77. The van der Waals surface area contributed by atoms with Gasteiger partial charge in [-0.2, -0.15) is 0 Å². The smallest absolute Gasteiger partial charge is 0.0686 e. The van der Waals surface area contributed by atoms with Crippen LogP contribution in [0.2, 0.25) is 0 Å². The van der Waals surface area contributed by atoms with Gasteiger partial charge in [-0.3, -0.25) is 5.21 Å². The second-order valence-electron chi connectivity index (χ2n) is 2.32. The molecule has 12 heavy (non-hydrogen) atoms. The summed E-state index contributed by atoms with van der Waals surface area (Å²) in [6.45, 7) is 7.06. The van der Waals surface area contributed by atoms with Gasteiger partial charge in [0.05, 0.1) is 5.69 Å². The summed E-state index contributed by atoms with van der Waals surface area (Å²) in [4.78, 5) is 0. The topological polar surface area (TPSA) is 23.5 Å². The fraction of sp³-hybridized carbons (Fsp3) is 0. The highest BCUT2D eigenvalue weighted by molar-refractivity contribution is 5.54. The molecular weight excluding hydrogens is 150 g/mol. The molecule has 1 N–H and O–H groups in total. The first-order valence-electron chi connectivity index (χ1n) is 3.61. The minimum atomic E-state index is 0.690. The molecule has 2 nitrogen and oxygen atoms in total. The van der Waals surface area contributed by atoms with Crippen molar-refractivity contribution in [2.45, 2.75) is 0 Å². The Kier molecular flexibility index (Phi) is 2.66. The van der Waals surface area contributed by atoms with Crippen molar-refractivity contribution >= 4 is 11.8 Å². The molecule has 0 atom stereocenters. The molecule has 1 aromatic carbocycles. The zero-order valence-corrected chi connectivity index (χ0v) is 6.77. The Morgan fingerprint density at radius 2 is 1.75 bits per heavy atom. The van der Waals surface area contributed by atoms with Crippen molar-refractivity contribution < 1.29 is 5.21 Å². The van der Waals surface area contributed by atoms with Crippen molar-refractivity contribution in [1.82, 2.24) is 0 Å². The van der Waals surface area contributed by atoms with E-state index in [9.17, 15) is 5.21 Å². The number of hydrogen-bond acceptors (Lipinski definition) is 2. The first-order valence-corrected chi connectivity index (χ1v) is 3.61. The molecule has 0 saturated carbocycles. The van der Waals surface area contributed by atoms with Crippen LogP contribution < -0.4 is 5.06 Å². The SMILES string of the molecule is C=Cc1ccc(N(O)C=C)cc1. The van der Waals surface area contributed by atoms with Crippen LogP contribution in [0.4, 0.5) is 5.69 Å². The number of nitrogens with zero attached hydrogens (tertiary/aromatic N) is 1. The first kappa shape index (κ1) is 8.56. The van der Waals surface area contributed by atoms with Gasteiger partial charge in [0.1, 0.15) is 0 Å². The van der Waals surface area contributed by atoms with Crippen molar-refractivity contribution in [2.75, 3.05) is 5.06 Å². The molecule has 0 aromatic heterocycles. The van der Waals surface area contributed by atoms with Crippen molar-refractivity contribution in [2.24, 2.45) is 0 Å². The Morgan fingerprint density at radius 1 is 1.17 bits per heavy atom. The van der Waals surface area contributed by atoms with Crippen molar-refractivity contribution in [3.8, 4) is 0 Å². The second-order valence-corrected chi connectivity index (χ2v) is 2.32. The Labute approximate surface area is 72.0 Å². The maximum Gasteiger partial charge on any atom is 0.0686 e. The third-order valence-electron chi connectivity index (χ3n) is 1.57. The maximum atomic E-state index is 9.18. The number of anilines is 1. The van der Waals surface area contributed by atoms with E-state index in [0.29, 0.717) is 5.69 Å². The highest BCUT2D eigenvalue weighted by Crippen LogP contribution is 2.13. The van der Waals surface area contributed by atoms with E-state index < -0.39 is 0 Å². The van der Waals surface area contributed by atoms with Crippen LogP contribution in [0.3, 0.4) is 0 Å². The van der Waals surface area contributed by atoms with Crippen molar-refractivity contribution in [3.63, 3.8) is 0 Å². The molecule has 0 aliphatic rings. The normalized spacial score (nSPS) is 9.08. The number of hydrogen-bond donors (Lipinski definition) is 1. The molecule has 1 rings (SSSR count). The number of benzene rings is 1. The lowest BCUT2D eigenvalue weighted by atomic mass is 10.2. The fourth-order valence-electron chi connectivity index (χ4n) is 0.869. The summed E-state index contributed by atoms with van der Waals surface area (Å²) in [6.07, 6.45) is 3.09. The molecule has 0 aliphatic carbocycles. The number of hydroxylamine groups is 1. The van der Waals surface area contributed by atoms with E-state index in [1.807, 2.05) is 12.1 Å². The highest BCUT2D eigenvalue weighted by Gasteiger charge is 1.95. The van der Waals surface area contributed by atoms with E-state index in [0.717, 1.165) is 10.6 Å². The lowest BCUT2D eigenvalue weighted by molar-refractivity contribution is 0.296. The Morgan fingerprint density at radius 3 is 2.17 bits per heavy atom. The highest BCUT2D eigenvalue weighted by atomic mass is 16.5. The molecule has 0 unspecified atom stereocenters. The average Bonchev–Trinajstić information content (AvgIpc) is 2.17. The zero-order chi connectivity index (χ0) is 8.97. The van der Waals surface area contributed by atoms with Crippen LogP contribution in [0.1, 0.15) is 5.56 Å². The molecule has 2 heteroatoms. The summed E-state index contributed by atoms with van der Waals surface area (Å²) in [5, 5.41) is 10.1. The zero-order valence-electron chi connectivity index (χ0n) is 6.77. The van der Waals surface area contributed by atoms with Crippen LogP contribution in [-0.4, -0.2) is 5.21 Å². The van der Waals surface area contributed by atoms with Gasteiger partial charge in [0.15, 0.2) is 0 Å². The predicted molar refractivity (Wildman–Crippen MR) is 51.0 cm³/mol. The summed E-state index contributed by atoms with van der Waals surface area (Å²) in [6, 6.07) is 7.32. The summed E-state index contributed by atoms with van der Waals surface area (Å²) >= 11 is 0. The van der Waals surface area contributed by atoms with E-state index in [4.69, 9.17) is 0 Å². The van der Waals surface area contributed by atoms with Gasteiger partial charge in [-0.05, 0) is 17.7 Å². The molecule has 0 amide bonds. The second kappa shape index (κ2) is 3.74. The number of rotatable bonds is 3. The van der Waals surface area contributed by atoms with Gasteiger partial charge in [-0.25, -0.2) is 5.06 Å². The third kappa shape index (κ3) is 1.74. The van der Waals surface area contributed by atoms with E-state index in [-0.39, 0.29) is 0 Å². The third-order valence-corrected chi connectivity index (χ3v) is 1.57. The molecule has 0 heterocycles. The molecule has 0 spiro atoms. The Hall–Kier alpha value is -1.54. The molecule has 0 saturated heterocycles. The lowest BCUT2D eigenvalue weighted by Crippen LogP contribution is -2.07. The van der Waals surface area contributed by atoms with E-state index in [1.165, 1.54) is 6.20 Å². The lowest BCUT2D eigenvalue weighted by Gasteiger charge is -2.10. The molecule has 0 aliphatic heterocycles. The Balaban J connectivity index is 2.91. The monoisotopic (exact) mass is 161 g/mol. The van der Waals surface area contributed by atoms with Gasteiger partial charge in [0.25, 0.3) is 0 Å². The van der Waals surface area contributed by atoms with Gasteiger partial charge < -0.3 is 0 Å². The maximum absolute atomic E-state index is 9.18. The summed E-state index contributed by atoms with van der Waals surface area (Å²) < 4.78 is 0. The largest absolute Gasteiger partial charge is 0.284 e. The van der Waals surface area contributed by atoms with Crippen LogP contribution in [0.15, 0.2) is 43.6 Å². The average molecular weight is 161 g/mol. The van der Waals surface area contributed by atoms with Gasteiger partial charge in [-0.15, -0.1) is 0 Å². The van der Waals surface area contributed by atoms with E-state index in [1.54, 1.807) is 18.2 Å². The summed E-state index contributed by atoms with van der Waals surface area (Å²) in [7, 11) is 0. The molecule has 0 radical (unpaired) electrons. The Bertz CT molecular complexity index is 276. The molecular formula is C10H11NO. The van der Waals surface area contributed by atoms with Gasteiger partial charge in [-0.1, -0.05) is 31.4 Å². The van der Waals surface area contributed by atoms with Crippen LogP contribution in [-0.2, 0) is 0 Å². The molecule has 0 bridgehead atoms. The summed E-state index contributed by atoms with van der Waals surface area (Å²) in [5.74, 6) is 0. The van der Waals surface area contributed by atoms with Gasteiger partial charge in [0, 0.05) is 6.20 Å². The van der Waals surface area contributed by atoms with Crippen LogP contribution >= 0.6 is 0 Å². The van der Waals surface area contributed by atoms with E-state index >= 15 is 0 Å². The van der Waals surface area contributed by atoms with Crippen LogP contribution in [0.5, 0.6) is 0 Å². The summed E-state index contributed by atoms with van der Waals surface area (Å²) in [5.41, 5.74) is 1.71. The molecule has 0 fully saturated rings. The van der Waals surface area contributed by atoms with Gasteiger partial charge in [0.2, 0.25) is 0 Å². The molecule has 1 aromatic rings. The van der Waals surface area contributed by atoms with Gasteiger partial charge >= 0.3 is 0 Å². The minimum Gasteiger partial charge on any atom is -0.284 e. The fourth-order valence-corrected chi connectivity index (χ4v) is 0.869. The minimum absolute atomic E-state index is 0.690. The van der Waals surface area contributed by atoms with Crippen molar-refractivity contribution in [3.05, 3.63) is 49.2 Å². The van der Waals surface area contributed by atoms with Crippen molar-refractivity contribution in [1.29, 1.82) is 0 Å². The standard InChI is InChI=1S/C10H11NO/c1-3-9-5-7-10(8-6-9)11(12)4-2/h3-8,12H,1-2H2. The van der Waals surface area contributed by atoms with E-state index in [2.05, 4.69) is 13.2 Å². The quantitative estimate of drug-likeness (QED) is 0.689. The predicted octanol–water partition coefficient (Wildman–Crippen LogP) is 2.67. The van der Waals surface area contributed by atoms with Crippen LogP contribution in [0.25, 0.3) is 6.08 Å².